The van der Waals surface area contributed by atoms with Crippen molar-refractivity contribution in [1.29, 1.82) is 0 Å². The molecule has 0 spiro atoms. The maximum Gasteiger partial charge on any atom is 0.223 e. The molecule has 1 N–H and O–H groups in total. The van der Waals surface area contributed by atoms with Crippen LogP contribution >= 0.6 is 11.3 Å². The van der Waals surface area contributed by atoms with Gasteiger partial charge in [-0.25, -0.2) is 4.98 Å². The molecule has 3 heterocycles. The summed E-state index contributed by atoms with van der Waals surface area (Å²) in [6.07, 6.45) is 3.49. The van der Waals surface area contributed by atoms with Crippen LogP contribution in [0.5, 0.6) is 0 Å². The Morgan fingerprint density at radius 3 is 2.88 bits per heavy atom. The van der Waals surface area contributed by atoms with E-state index in [1.165, 1.54) is 0 Å². The lowest BCUT2D eigenvalue weighted by atomic mass is 9.96. The summed E-state index contributed by atoms with van der Waals surface area (Å²) in [6, 6.07) is 3.91. The summed E-state index contributed by atoms with van der Waals surface area (Å²) >= 11 is 1.59. The van der Waals surface area contributed by atoms with E-state index in [0.717, 1.165) is 49.1 Å². The van der Waals surface area contributed by atoms with Gasteiger partial charge in [-0.3, -0.25) is 9.69 Å². The summed E-state index contributed by atoms with van der Waals surface area (Å²) in [5, 5.41) is 6.00. The van der Waals surface area contributed by atoms with Crippen molar-refractivity contribution in [2.45, 2.75) is 25.9 Å². The van der Waals surface area contributed by atoms with Crippen LogP contribution in [-0.2, 0) is 17.9 Å². The standard InChI is InChI=1S/C17H24N4O2S/c1-20(2)17-19-14(12-24-17)10-18-16(22)13-5-7-21(8-6-13)11-15-4-3-9-23-15/h3-4,9,12-13H,5-8,10-11H2,1-2H3,(H,18,22). The van der Waals surface area contributed by atoms with Crippen molar-refractivity contribution in [2.75, 3.05) is 32.1 Å². The fraction of sp³-hybridized carbons (Fsp3) is 0.529. The number of hydrogen-bond donors (Lipinski definition) is 1. The maximum absolute atomic E-state index is 12.4. The van der Waals surface area contributed by atoms with Gasteiger partial charge in [-0.15, -0.1) is 11.3 Å². The molecule has 0 saturated carbocycles. The highest BCUT2D eigenvalue weighted by atomic mass is 32.1. The minimum absolute atomic E-state index is 0.102. The van der Waals surface area contributed by atoms with E-state index < -0.39 is 0 Å². The number of likely N-dealkylation sites (tertiary alicyclic amines) is 1. The van der Waals surface area contributed by atoms with Gasteiger partial charge >= 0.3 is 0 Å². The van der Waals surface area contributed by atoms with Crippen molar-refractivity contribution in [1.82, 2.24) is 15.2 Å². The Morgan fingerprint density at radius 2 is 2.25 bits per heavy atom. The lowest BCUT2D eigenvalue weighted by Gasteiger charge is -2.30. The second-order valence-corrected chi connectivity index (χ2v) is 7.20. The fourth-order valence-corrected chi connectivity index (χ4v) is 3.64. The molecule has 1 amide bonds. The number of aromatic nitrogens is 1. The van der Waals surface area contributed by atoms with E-state index in [-0.39, 0.29) is 11.8 Å². The highest BCUT2D eigenvalue weighted by molar-refractivity contribution is 7.13. The summed E-state index contributed by atoms with van der Waals surface area (Å²) in [7, 11) is 3.94. The lowest BCUT2D eigenvalue weighted by molar-refractivity contribution is -0.126. The molecule has 2 aromatic rings. The molecular formula is C17H24N4O2S. The molecule has 1 fully saturated rings. The van der Waals surface area contributed by atoms with Crippen molar-refractivity contribution in [3.63, 3.8) is 0 Å². The van der Waals surface area contributed by atoms with Crippen LogP contribution in [0.25, 0.3) is 0 Å². The molecule has 0 aliphatic carbocycles. The van der Waals surface area contributed by atoms with Gasteiger partial charge in [0, 0.05) is 25.4 Å². The number of carbonyl (C=O) groups is 1. The third-order valence-electron chi connectivity index (χ3n) is 4.28. The van der Waals surface area contributed by atoms with Gasteiger partial charge in [0.15, 0.2) is 5.13 Å². The molecule has 6 nitrogen and oxygen atoms in total. The Hall–Kier alpha value is -1.86. The summed E-state index contributed by atoms with van der Waals surface area (Å²) in [5.41, 5.74) is 0.923. The Kier molecular flexibility index (Phi) is 5.52. The normalized spacial score (nSPS) is 16.2. The highest BCUT2D eigenvalue weighted by Gasteiger charge is 2.25. The number of nitrogens with zero attached hydrogens (tertiary/aromatic N) is 3. The zero-order valence-corrected chi connectivity index (χ0v) is 15.0. The number of nitrogens with one attached hydrogen (secondary N) is 1. The third-order valence-corrected chi connectivity index (χ3v) is 5.34. The van der Waals surface area contributed by atoms with Gasteiger partial charge in [-0.1, -0.05) is 0 Å². The zero-order chi connectivity index (χ0) is 16.9. The number of anilines is 1. The second-order valence-electron chi connectivity index (χ2n) is 6.36. The second kappa shape index (κ2) is 7.81. The van der Waals surface area contributed by atoms with Crippen molar-refractivity contribution >= 4 is 22.4 Å². The van der Waals surface area contributed by atoms with E-state index in [0.29, 0.717) is 6.54 Å². The average Bonchev–Trinajstić information content (AvgIpc) is 3.25. The van der Waals surface area contributed by atoms with Crippen molar-refractivity contribution in [3.8, 4) is 0 Å². The van der Waals surface area contributed by atoms with Gasteiger partial charge in [0.1, 0.15) is 5.76 Å². The molecule has 0 atom stereocenters. The molecular weight excluding hydrogens is 324 g/mol. The van der Waals surface area contributed by atoms with Gasteiger partial charge in [-0.2, -0.15) is 0 Å². The van der Waals surface area contributed by atoms with Crippen LogP contribution in [0.15, 0.2) is 28.2 Å². The number of carbonyl (C=O) groups excluding carboxylic acids is 1. The highest BCUT2D eigenvalue weighted by Crippen LogP contribution is 2.20. The summed E-state index contributed by atoms with van der Waals surface area (Å²) < 4.78 is 5.39. The van der Waals surface area contributed by atoms with E-state index in [1.807, 2.05) is 36.5 Å². The summed E-state index contributed by atoms with van der Waals surface area (Å²) in [5.74, 6) is 1.23. The first-order chi connectivity index (χ1) is 11.6. The first kappa shape index (κ1) is 17.0. The van der Waals surface area contributed by atoms with Gasteiger partial charge < -0.3 is 14.6 Å². The van der Waals surface area contributed by atoms with Crippen LogP contribution < -0.4 is 10.2 Å². The van der Waals surface area contributed by atoms with Gasteiger partial charge in [-0.05, 0) is 38.1 Å². The van der Waals surface area contributed by atoms with Crippen LogP contribution in [-0.4, -0.2) is 43.0 Å². The minimum Gasteiger partial charge on any atom is -0.468 e. The van der Waals surface area contributed by atoms with E-state index >= 15 is 0 Å². The molecule has 130 valence electrons. The molecule has 24 heavy (non-hydrogen) atoms. The maximum atomic E-state index is 12.4. The number of rotatable bonds is 6. The quantitative estimate of drug-likeness (QED) is 0.868. The van der Waals surface area contributed by atoms with Crippen LogP contribution in [0.2, 0.25) is 0 Å². The van der Waals surface area contributed by atoms with E-state index in [2.05, 4.69) is 15.2 Å². The molecule has 7 heteroatoms. The molecule has 1 aliphatic rings. The van der Waals surface area contributed by atoms with Gasteiger partial charge in [0.25, 0.3) is 0 Å². The predicted molar refractivity (Wildman–Crippen MR) is 95.0 cm³/mol. The molecule has 0 bridgehead atoms. The monoisotopic (exact) mass is 348 g/mol. The number of amides is 1. The Bertz CT molecular complexity index is 645. The predicted octanol–water partition coefficient (Wildman–Crippen LogP) is 2.33. The number of furan rings is 1. The van der Waals surface area contributed by atoms with Gasteiger partial charge in [0.05, 0.1) is 25.0 Å². The molecule has 0 unspecified atom stereocenters. The van der Waals surface area contributed by atoms with Crippen LogP contribution in [0.1, 0.15) is 24.3 Å². The molecule has 1 aliphatic heterocycles. The van der Waals surface area contributed by atoms with E-state index in [4.69, 9.17) is 4.42 Å². The smallest absolute Gasteiger partial charge is 0.223 e. The van der Waals surface area contributed by atoms with Crippen LogP contribution in [0.3, 0.4) is 0 Å². The number of thiazole rings is 1. The molecule has 0 radical (unpaired) electrons. The summed E-state index contributed by atoms with van der Waals surface area (Å²) in [6.45, 7) is 3.20. The molecule has 3 rings (SSSR count). The Balaban J connectivity index is 1.41. The van der Waals surface area contributed by atoms with Crippen molar-refractivity contribution < 1.29 is 9.21 Å². The summed E-state index contributed by atoms with van der Waals surface area (Å²) in [4.78, 5) is 21.2. The molecule has 2 aromatic heterocycles. The minimum atomic E-state index is 0.102. The van der Waals surface area contributed by atoms with E-state index in [9.17, 15) is 4.79 Å². The zero-order valence-electron chi connectivity index (χ0n) is 14.2. The SMILES string of the molecule is CN(C)c1nc(CNC(=O)C2CCN(Cc3ccco3)CC2)cs1. The van der Waals surface area contributed by atoms with Crippen molar-refractivity contribution in [3.05, 3.63) is 35.2 Å². The third kappa shape index (κ3) is 4.36. The largest absolute Gasteiger partial charge is 0.468 e. The molecule has 0 aromatic carbocycles. The van der Waals surface area contributed by atoms with Gasteiger partial charge in [0.2, 0.25) is 5.91 Å². The lowest BCUT2D eigenvalue weighted by Crippen LogP contribution is -2.40. The Morgan fingerprint density at radius 1 is 1.46 bits per heavy atom. The number of piperidine rings is 1. The topological polar surface area (TPSA) is 61.6 Å². The molecule has 1 saturated heterocycles. The Labute approximate surface area is 146 Å². The average molecular weight is 348 g/mol. The van der Waals surface area contributed by atoms with Crippen LogP contribution in [0.4, 0.5) is 5.13 Å². The van der Waals surface area contributed by atoms with Crippen molar-refractivity contribution in [2.24, 2.45) is 5.92 Å². The van der Waals surface area contributed by atoms with Crippen LogP contribution in [0, 0.1) is 5.92 Å². The number of hydrogen-bond acceptors (Lipinski definition) is 6. The van der Waals surface area contributed by atoms with E-state index in [1.54, 1.807) is 17.6 Å². The first-order valence-electron chi connectivity index (χ1n) is 8.26. The fourth-order valence-electron chi connectivity index (χ4n) is 2.88. The first-order valence-corrected chi connectivity index (χ1v) is 9.14.